The number of hydrogen-bond donors (Lipinski definition) is 1. The third kappa shape index (κ3) is 4.22. The van der Waals surface area contributed by atoms with Crippen molar-refractivity contribution in [1.82, 2.24) is 25.4 Å². The third-order valence-corrected chi connectivity index (χ3v) is 6.56. The summed E-state index contributed by atoms with van der Waals surface area (Å²) in [5.41, 5.74) is 1.85. The van der Waals surface area contributed by atoms with Crippen LogP contribution in [0.3, 0.4) is 0 Å². The third-order valence-electron chi connectivity index (χ3n) is 6.56. The van der Waals surface area contributed by atoms with Gasteiger partial charge in [-0.3, -0.25) is 9.78 Å². The molecule has 8 nitrogen and oxygen atoms in total. The van der Waals surface area contributed by atoms with Gasteiger partial charge in [0, 0.05) is 37.6 Å². The lowest BCUT2D eigenvalue weighted by Gasteiger charge is -2.34. The van der Waals surface area contributed by atoms with Crippen LogP contribution in [0.15, 0.2) is 47.4 Å². The standard InChI is InChI=1S/C24H28N6O2/c1-16(18-8-3-11-25-14-18)27-23(31)19-9-5-13-30(15-19)22-20(10-4-12-26-22)21-28-24(32-29-21)17-6-2-7-17/h3-4,8,10-12,14,16-17,19H,2,5-7,9,13,15H2,1H3,(H,27,31)/t16-,19-/m0/s1. The molecule has 0 radical (unpaired) electrons. The van der Waals surface area contributed by atoms with Crippen molar-refractivity contribution in [3.8, 4) is 11.4 Å². The van der Waals surface area contributed by atoms with E-state index in [0.29, 0.717) is 18.3 Å². The van der Waals surface area contributed by atoms with Gasteiger partial charge >= 0.3 is 0 Å². The van der Waals surface area contributed by atoms with Crippen LogP contribution in [0.1, 0.15) is 62.4 Å². The van der Waals surface area contributed by atoms with Crippen molar-refractivity contribution in [2.24, 2.45) is 5.92 Å². The Morgan fingerprint density at radius 1 is 1.19 bits per heavy atom. The molecule has 2 atom stereocenters. The van der Waals surface area contributed by atoms with Crippen molar-refractivity contribution in [1.29, 1.82) is 0 Å². The molecule has 166 valence electrons. The second-order valence-corrected chi connectivity index (χ2v) is 8.76. The number of carbonyl (C=O) groups is 1. The Hall–Kier alpha value is -3.29. The Kier molecular flexibility index (Phi) is 5.83. The molecule has 1 aliphatic carbocycles. The van der Waals surface area contributed by atoms with Crippen molar-refractivity contribution in [3.63, 3.8) is 0 Å². The summed E-state index contributed by atoms with van der Waals surface area (Å²) in [6, 6.07) is 7.65. The average Bonchev–Trinajstić information content (AvgIpc) is 3.28. The van der Waals surface area contributed by atoms with E-state index in [9.17, 15) is 4.79 Å². The maximum absolute atomic E-state index is 13.0. The van der Waals surface area contributed by atoms with Crippen molar-refractivity contribution in [2.75, 3.05) is 18.0 Å². The monoisotopic (exact) mass is 432 g/mol. The van der Waals surface area contributed by atoms with Crippen LogP contribution in [0.2, 0.25) is 0 Å². The second-order valence-electron chi connectivity index (χ2n) is 8.76. The molecule has 4 heterocycles. The van der Waals surface area contributed by atoms with E-state index in [1.165, 1.54) is 6.42 Å². The summed E-state index contributed by atoms with van der Waals surface area (Å²) in [6.45, 7) is 3.45. The molecule has 32 heavy (non-hydrogen) atoms. The molecule has 1 aliphatic heterocycles. The van der Waals surface area contributed by atoms with Gasteiger partial charge in [0.15, 0.2) is 0 Å². The van der Waals surface area contributed by atoms with Gasteiger partial charge in [0.05, 0.1) is 17.5 Å². The number of rotatable bonds is 6. The van der Waals surface area contributed by atoms with Gasteiger partial charge < -0.3 is 14.7 Å². The number of anilines is 1. The fraction of sp³-hybridized carbons (Fsp3) is 0.458. The Morgan fingerprint density at radius 2 is 2.06 bits per heavy atom. The number of aromatic nitrogens is 4. The zero-order chi connectivity index (χ0) is 21.9. The van der Waals surface area contributed by atoms with Crippen LogP contribution in [0, 0.1) is 5.92 Å². The smallest absolute Gasteiger partial charge is 0.230 e. The number of pyridine rings is 2. The molecule has 0 bridgehead atoms. The SMILES string of the molecule is C[C@H](NC(=O)[C@H]1CCCN(c2ncccc2-c2noc(C3CCC3)n2)C1)c1cccnc1. The molecule has 0 unspecified atom stereocenters. The second kappa shape index (κ2) is 9.06. The van der Waals surface area contributed by atoms with Crippen LogP contribution in [0.4, 0.5) is 5.82 Å². The van der Waals surface area contributed by atoms with Gasteiger partial charge in [-0.15, -0.1) is 0 Å². The summed E-state index contributed by atoms with van der Waals surface area (Å²) in [7, 11) is 0. The van der Waals surface area contributed by atoms with Crippen LogP contribution < -0.4 is 10.2 Å². The van der Waals surface area contributed by atoms with Crippen molar-refractivity contribution in [2.45, 2.75) is 51.0 Å². The van der Waals surface area contributed by atoms with Crippen LogP contribution in [0.25, 0.3) is 11.4 Å². The van der Waals surface area contributed by atoms with Crippen LogP contribution in [0.5, 0.6) is 0 Å². The normalized spacial score (nSPS) is 19.9. The highest BCUT2D eigenvalue weighted by Gasteiger charge is 2.30. The maximum atomic E-state index is 13.0. The number of carbonyl (C=O) groups excluding carboxylic acids is 1. The number of amides is 1. The summed E-state index contributed by atoms with van der Waals surface area (Å²) in [4.78, 5) is 28.6. The quantitative estimate of drug-likeness (QED) is 0.631. The summed E-state index contributed by atoms with van der Waals surface area (Å²) < 4.78 is 5.53. The first-order valence-electron chi connectivity index (χ1n) is 11.4. The summed E-state index contributed by atoms with van der Waals surface area (Å²) >= 11 is 0. The predicted molar refractivity (Wildman–Crippen MR) is 120 cm³/mol. The lowest BCUT2D eigenvalue weighted by molar-refractivity contribution is -0.125. The Morgan fingerprint density at radius 3 is 2.84 bits per heavy atom. The van der Waals surface area contributed by atoms with Crippen LogP contribution >= 0.6 is 0 Å². The molecule has 3 aromatic heterocycles. The summed E-state index contributed by atoms with van der Waals surface area (Å²) in [5, 5.41) is 7.38. The molecule has 2 aliphatic rings. The number of nitrogens with zero attached hydrogens (tertiary/aromatic N) is 5. The molecule has 0 aromatic carbocycles. The van der Waals surface area contributed by atoms with E-state index >= 15 is 0 Å². The fourth-order valence-corrected chi connectivity index (χ4v) is 4.42. The first kappa shape index (κ1) is 20.6. The van der Waals surface area contributed by atoms with Gasteiger partial charge in [-0.2, -0.15) is 4.98 Å². The van der Waals surface area contributed by atoms with Gasteiger partial charge in [-0.05, 0) is 56.4 Å². The van der Waals surface area contributed by atoms with Crippen molar-refractivity contribution < 1.29 is 9.32 Å². The van der Waals surface area contributed by atoms with Crippen LogP contribution in [-0.4, -0.2) is 39.1 Å². The molecule has 8 heteroatoms. The van der Waals surface area contributed by atoms with Gasteiger partial charge in [-0.1, -0.05) is 17.6 Å². The largest absolute Gasteiger partial charge is 0.355 e. The molecule has 1 amide bonds. The van der Waals surface area contributed by atoms with Gasteiger partial charge in [0.2, 0.25) is 17.6 Å². The minimum Gasteiger partial charge on any atom is -0.355 e. The van der Waals surface area contributed by atoms with E-state index in [4.69, 9.17) is 4.52 Å². The minimum absolute atomic E-state index is 0.0652. The van der Waals surface area contributed by atoms with Gasteiger partial charge in [-0.25, -0.2) is 4.98 Å². The Labute approximate surface area is 187 Å². The highest BCUT2D eigenvalue weighted by Crippen LogP contribution is 2.37. The van der Waals surface area contributed by atoms with Crippen LogP contribution in [-0.2, 0) is 4.79 Å². The molecule has 0 spiro atoms. The van der Waals surface area contributed by atoms with Gasteiger partial charge in [0.1, 0.15) is 5.82 Å². The Balaban J connectivity index is 1.30. The molecular weight excluding hydrogens is 404 g/mol. The molecular formula is C24H28N6O2. The van der Waals surface area contributed by atoms with Crippen molar-refractivity contribution in [3.05, 3.63) is 54.3 Å². The topological polar surface area (TPSA) is 97.0 Å². The van der Waals surface area contributed by atoms with E-state index in [-0.39, 0.29) is 17.9 Å². The summed E-state index contributed by atoms with van der Waals surface area (Å²) in [6.07, 6.45) is 10.5. The highest BCUT2D eigenvalue weighted by atomic mass is 16.5. The van der Waals surface area contributed by atoms with Gasteiger partial charge in [0.25, 0.3) is 0 Å². The van der Waals surface area contributed by atoms with E-state index < -0.39 is 0 Å². The number of nitrogens with one attached hydrogen (secondary N) is 1. The number of piperidine rings is 1. The number of hydrogen-bond acceptors (Lipinski definition) is 7. The molecule has 1 N–H and O–H groups in total. The predicted octanol–water partition coefficient (Wildman–Crippen LogP) is 3.89. The zero-order valence-corrected chi connectivity index (χ0v) is 18.3. The first-order chi connectivity index (χ1) is 15.7. The molecule has 5 rings (SSSR count). The zero-order valence-electron chi connectivity index (χ0n) is 18.3. The fourth-order valence-electron chi connectivity index (χ4n) is 4.42. The Bertz CT molecular complexity index is 1070. The lowest BCUT2D eigenvalue weighted by atomic mass is 9.85. The minimum atomic E-state index is -0.103. The van der Waals surface area contributed by atoms with E-state index in [2.05, 4.69) is 30.3 Å². The average molecular weight is 433 g/mol. The molecule has 1 saturated heterocycles. The van der Waals surface area contributed by atoms with E-state index in [1.54, 1.807) is 18.6 Å². The van der Waals surface area contributed by atoms with E-state index in [0.717, 1.165) is 55.1 Å². The highest BCUT2D eigenvalue weighted by molar-refractivity contribution is 5.80. The molecule has 3 aromatic rings. The van der Waals surface area contributed by atoms with E-state index in [1.807, 2.05) is 31.2 Å². The summed E-state index contributed by atoms with van der Waals surface area (Å²) in [5.74, 6) is 2.46. The maximum Gasteiger partial charge on any atom is 0.230 e. The van der Waals surface area contributed by atoms with Crippen molar-refractivity contribution >= 4 is 11.7 Å². The first-order valence-corrected chi connectivity index (χ1v) is 11.4. The lowest BCUT2D eigenvalue weighted by Crippen LogP contribution is -2.44. The molecule has 2 fully saturated rings. The molecule has 1 saturated carbocycles.